The molecular formula is C26H21N2O+. The summed E-state index contributed by atoms with van der Waals surface area (Å²) in [6.07, 6.45) is 2.00. The summed E-state index contributed by atoms with van der Waals surface area (Å²) in [7, 11) is 0. The van der Waals surface area contributed by atoms with Gasteiger partial charge in [-0.1, -0.05) is 91.0 Å². The lowest BCUT2D eigenvalue weighted by Gasteiger charge is -2.33. The second-order valence-corrected chi connectivity index (χ2v) is 7.15. The van der Waals surface area contributed by atoms with Gasteiger partial charge in [0.25, 0.3) is 0 Å². The molecule has 0 saturated heterocycles. The van der Waals surface area contributed by atoms with Gasteiger partial charge in [0, 0.05) is 22.8 Å². The summed E-state index contributed by atoms with van der Waals surface area (Å²) in [4.78, 5) is 3.35. The van der Waals surface area contributed by atoms with Gasteiger partial charge in [-0.15, -0.1) is 0 Å². The fourth-order valence-electron chi connectivity index (χ4n) is 4.29. The molecule has 0 aliphatic rings. The van der Waals surface area contributed by atoms with Gasteiger partial charge >= 0.3 is 0 Å². The van der Waals surface area contributed by atoms with Crippen molar-refractivity contribution in [2.24, 2.45) is 0 Å². The van der Waals surface area contributed by atoms with Gasteiger partial charge in [0.15, 0.2) is 16.6 Å². The molecule has 3 nitrogen and oxygen atoms in total. The van der Waals surface area contributed by atoms with Crippen molar-refractivity contribution in [1.82, 2.24) is 4.98 Å². The van der Waals surface area contributed by atoms with Gasteiger partial charge in [0.05, 0.1) is 0 Å². The Labute approximate surface area is 169 Å². The molecule has 1 heterocycles. The van der Waals surface area contributed by atoms with Crippen LogP contribution in [0.5, 0.6) is 5.75 Å². The van der Waals surface area contributed by atoms with Gasteiger partial charge in [-0.25, -0.2) is 9.55 Å². The van der Waals surface area contributed by atoms with E-state index in [-0.39, 0.29) is 5.75 Å². The van der Waals surface area contributed by atoms with Gasteiger partial charge in [0.1, 0.15) is 5.75 Å². The molecule has 0 radical (unpaired) electrons. The van der Waals surface area contributed by atoms with Crippen LogP contribution in [-0.4, -0.2) is 10.1 Å². The number of nitrogens with one attached hydrogen (secondary N) is 1. The third kappa shape index (κ3) is 2.71. The molecule has 0 bridgehead atoms. The number of aromatic amines is 1. The Balaban J connectivity index is 1.95. The molecule has 2 N–H and O–H groups in total. The van der Waals surface area contributed by atoms with Crippen molar-refractivity contribution >= 4 is 11.0 Å². The quantitative estimate of drug-likeness (QED) is 0.336. The minimum atomic E-state index is -0.570. The van der Waals surface area contributed by atoms with Crippen LogP contribution in [0.3, 0.4) is 0 Å². The molecule has 0 aliphatic carbocycles. The van der Waals surface area contributed by atoms with Gasteiger partial charge in [0.2, 0.25) is 6.33 Å². The standard InChI is InChI=1S/C26H20N2O/c29-23-16-17-25-24(18-23)27-19-28(25)26(20-10-4-1-5-11-20,21-12-6-2-7-13-21)22-14-8-3-9-15-22/h1-19,29H/p+1. The molecule has 0 unspecified atom stereocenters. The molecule has 3 heteroatoms. The largest absolute Gasteiger partial charge is 0.508 e. The van der Waals surface area contributed by atoms with Crippen LogP contribution in [0.1, 0.15) is 16.7 Å². The molecule has 5 rings (SSSR count). The van der Waals surface area contributed by atoms with Crippen LogP contribution >= 0.6 is 0 Å². The Morgan fingerprint density at radius 2 is 1.10 bits per heavy atom. The van der Waals surface area contributed by atoms with Gasteiger partial charge in [-0.3, -0.25) is 0 Å². The van der Waals surface area contributed by atoms with Crippen LogP contribution < -0.4 is 4.57 Å². The lowest BCUT2D eigenvalue weighted by Crippen LogP contribution is -2.57. The van der Waals surface area contributed by atoms with E-state index in [4.69, 9.17) is 0 Å². The van der Waals surface area contributed by atoms with Crippen molar-refractivity contribution in [2.75, 3.05) is 0 Å². The molecule has 0 atom stereocenters. The lowest BCUT2D eigenvalue weighted by molar-refractivity contribution is -0.710. The molecule has 0 aliphatic heterocycles. The third-order valence-corrected chi connectivity index (χ3v) is 5.52. The maximum absolute atomic E-state index is 9.96. The van der Waals surface area contributed by atoms with Gasteiger partial charge in [-0.05, 0) is 12.1 Å². The predicted octanol–water partition coefficient (Wildman–Crippen LogP) is 5.00. The predicted molar refractivity (Wildman–Crippen MR) is 115 cm³/mol. The Bertz CT molecular complexity index is 1150. The zero-order valence-corrected chi connectivity index (χ0v) is 15.9. The van der Waals surface area contributed by atoms with E-state index >= 15 is 0 Å². The summed E-state index contributed by atoms with van der Waals surface area (Å²) < 4.78 is 2.27. The van der Waals surface area contributed by atoms with Crippen LogP contribution in [0, 0.1) is 0 Å². The van der Waals surface area contributed by atoms with E-state index in [1.54, 1.807) is 12.1 Å². The monoisotopic (exact) mass is 377 g/mol. The lowest BCUT2D eigenvalue weighted by atomic mass is 9.76. The fourth-order valence-corrected chi connectivity index (χ4v) is 4.29. The topological polar surface area (TPSA) is 39.9 Å². The molecule has 0 fully saturated rings. The normalized spacial score (nSPS) is 11.6. The average molecular weight is 377 g/mol. The molecule has 0 amide bonds. The minimum Gasteiger partial charge on any atom is -0.508 e. The zero-order valence-electron chi connectivity index (χ0n) is 15.9. The van der Waals surface area contributed by atoms with E-state index in [1.165, 1.54) is 0 Å². The highest BCUT2D eigenvalue weighted by atomic mass is 16.3. The van der Waals surface area contributed by atoms with Crippen LogP contribution in [0.15, 0.2) is 116 Å². The number of fused-ring (bicyclic) bond motifs is 1. The summed E-state index contributed by atoms with van der Waals surface area (Å²) in [6.45, 7) is 0. The molecular weight excluding hydrogens is 356 g/mol. The zero-order chi connectivity index (χ0) is 19.7. The second kappa shape index (κ2) is 6.95. The number of imidazole rings is 1. The number of hydrogen-bond acceptors (Lipinski definition) is 1. The highest BCUT2D eigenvalue weighted by Crippen LogP contribution is 2.37. The Hall–Kier alpha value is -3.85. The summed E-state index contributed by atoms with van der Waals surface area (Å²) in [6, 6.07) is 37.1. The van der Waals surface area contributed by atoms with Crippen molar-refractivity contribution in [2.45, 2.75) is 5.54 Å². The molecule has 1 aromatic heterocycles. The number of aromatic nitrogens is 2. The summed E-state index contributed by atoms with van der Waals surface area (Å²) in [5.41, 5.74) is 4.82. The van der Waals surface area contributed by atoms with Crippen molar-refractivity contribution in [1.29, 1.82) is 0 Å². The van der Waals surface area contributed by atoms with E-state index in [9.17, 15) is 5.11 Å². The van der Waals surface area contributed by atoms with Gasteiger partial charge in [-0.2, -0.15) is 0 Å². The average Bonchev–Trinajstić information content (AvgIpc) is 3.20. The maximum atomic E-state index is 9.96. The summed E-state index contributed by atoms with van der Waals surface area (Å²) >= 11 is 0. The van der Waals surface area contributed by atoms with Crippen molar-refractivity contribution < 1.29 is 9.67 Å². The van der Waals surface area contributed by atoms with Crippen LogP contribution in [0.4, 0.5) is 0 Å². The third-order valence-electron chi connectivity index (χ3n) is 5.52. The van der Waals surface area contributed by atoms with Gasteiger partial charge < -0.3 is 5.11 Å². The van der Waals surface area contributed by atoms with E-state index < -0.39 is 5.54 Å². The molecule has 0 saturated carbocycles. The van der Waals surface area contributed by atoms with E-state index in [2.05, 4.69) is 82.3 Å². The first-order chi connectivity index (χ1) is 14.3. The second-order valence-electron chi connectivity index (χ2n) is 7.15. The number of phenols is 1. The number of aromatic hydroxyl groups is 1. The Morgan fingerprint density at radius 3 is 1.59 bits per heavy atom. The fraction of sp³-hybridized carbons (Fsp3) is 0.0385. The minimum absolute atomic E-state index is 0.247. The van der Waals surface area contributed by atoms with Crippen LogP contribution in [0.25, 0.3) is 11.0 Å². The van der Waals surface area contributed by atoms with Crippen LogP contribution in [0.2, 0.25) is 0 Å². The van der Waals surface area contributed by atoms with E-state index in [1.807, 2.05) is 30.6 Å². The molecule has 140 valence electrons. The van der Waals surface area contributed by atoms with E-state index in [0.717, 1.165) is 27.7 Å². The van der Waals surface area contributed by atoms with Crippen LogP contribution in [-0.2, 0) is 5.54 Å². The molecule has 5 aromatic rings. The smallest absolute Gasteiger partial charge is 0.243 e. The Morgan fingerprint density at radius 1 is 0.621 bits per heavy atom. The molecule has 29 heavy (non-hydrogen) atoms. The van der Waals surface area contributed by atoms with Crippen molar-refractivity contribution in [3.8, 4) is 5.75 Å². The molecule has 0 spiro atoms. The summed E-state index contributed by atoms with van der Waals surface area (Å²) in [5, 5.41) is 9.96. The summed E-state index contributed by atoms with van der Waals surface area (Å²) in [5.74, 6) is 0.247. The highest BCUT2D eigenvalue weighted by Gasteiger charge is 2.44. The SMILES string of the molecule is Oc1ccc2c(c1)[nH]c[n+]2C(c1ccccc1)(c1ccccc1)c1ccccc1. The van der Waals surface area contributed by atoms with E-state index in [0.29, 0.717) is 0 Å². The highest BCUT2D eigenvalue weighted by molar-refractivity contribution is 5.73. The number of H-pyrrole nitrogens is 1. The number of phenolic OH excluding ortho intramolecular Hbond substituents is 1. The first-order valence-corrected chi connectivity index (χ1v) is 9.69. The van der Waals surface area contributed by atoms with Crippen molar-refractivity contribution in [3.05, 3.63) is 132 Å². The number of nitrogens with zero attached hydrogens (tertiary/aromatic N) is 1. The first kappa shape index (κ1) is 17.3. The first-order valence-electron chi connectivity index (χ1n) is 9.69. The number of hydrogen-bond donors (Lipinski definition) is 2. The maximum Gasteiger partial charge on any atom is 0.243 e. The van der Waals surface area contributed by atoms with Crippen molar-refractivity contribution in [3.63, 3.8) is 0 Å². The number of rotatable bonds is 4. The molecule has 4 aromatic carbocycles. The Kier molecular flexibility index (Phi) is 4.14. The number of benzene rings is 4.